The molecule has 112 valence electrons. The zero-order chi connectivity index (χ0) is 15.2. The Morgan fingerprint density at radius 2 is 2.24 bits per heavy atom. The number of hydrogen-bond donors (Lipinski definition) is 2. The van der Waals surface area contributed by atoms with Crippen molar-refractivity contribution >= 4 is 28.6 Å². The fourth-order valence-electron chi connectivity index (χ4n) is 1.91. The molecule has 21 heavy (non-hydrogen) atoms. The lowest BCUT2D eigenvalue weighted by molar-refractivity contribution is -0.117. The minimum Gasteiger partial charge on any atom is -0.397 e. The number of likely N-dealkylation sites (N-methyl/N-ethyl adjacent to an activating group) is 1. The van der Waals surface area contributed by atoms with Gasteiger partial charge < -0.3 is 11.1 Å². The fourth-order valence-corrected chi connectivity index (χ4v) is 2.60. The summed E-state index contributed by atoms with van der Waals surface area (Å²) in [5.41, 5.74) is 6.36. The Morgan fingerprint density at radius 3 is 2.95 bits per heavy atom. The Hall–Kier alpha value is -1.92. The van der Waals surface area contributed by atoms with Crippen LogP contribution in [0.25, 0.3) is 0 Å². The summed E-state index contributed by atoms with van der Waals surface area (Å²) in [5.74, 6) is -0.633. The van der Waals surface area contributed by atoms with Crippen LogP contribution in [0.4, 0.5) is 15.8 Å². The number of benzene rings is 1. The van der Waals surface area contributed by atoms with Gasteiger partial charge in [-0.3, -0.25) is 9.69 Å². The van der Waals surface area contributed by atoms with Crippen LogP contribution in [0.1, 0.15) is 4.88 Å². The Labute approximate surface area is 127 Å². The molecule has 0 atom stereocenters. The molecule has 0 radical (unpaired) electrons. The molecule has 1 amide bonds. The number of carbonyl (C=O) groups is 1. The third-order valence-electron chi connectivity index (χ3n) is 3.02. The van der Waals surface area contributed by atoms with Crippen molar-refractivity contribution in [2.75, 3.05) is 31.2 Å². The van der Waals surface area contributed by atoms with Crippen LogP contribution in [0.5, 0.6) is 0 Å². The van der Waals surface area contributed by atoms with Gasteiger partial charge in [0.25, 0.3) is 0 Å². The van der Waals surface area contributed by atoms with E-state index in [1.165, 1.54) is 23.1 Å². The van der Waals surface area contributed by atoms with E-state index in [4.69, 9.17) is 5.73 Å². The van der Waals surface area contributed by atoms with Gasteiger partial charge in [-0.05, 0) is 43.1 Å². The summed E-state index contributed by atoms with van der Waals surface area (Å²) in [6, 6.07) is 8.01. The number of nitrogens with two attached hydrogens (primary N) is 1. The first-order chi connectivity index (χ1) is 10.0. The van der Waals surface area contributed by atoms with E-state index in [1.54, 1.807) is 11.3 Å². The van der Waals surface area contributed by atoms with Crippen molar-refractivity contribution in [3.63, 3.8) is 0 Å². The summed E-state index contributed by atoms with van der Waals surface area (Å²) in [7, 11) is 1.88. The van der Waals surface area contributed by atoms with E-state index in [0.717, 1.165) is 13.0 Å². The Bertz CT molecular complexity index is 601. The minimum absolute atomic E-state index is 0.207. The molecule has 0 aliphatic heterocycles. The molecule has 0 unspecified atom stereocenters. The van der Waals surface area contributed by atoms with Crippen LogP contribution in [-0.4, -0.2) is 30.9 Å². The molecule has 0 saturated heterocycles. The number of anilines is 2. The lowest BCUT2D eigenvalue weighted by Crippen LogP contribution is -2.31. The normalized spacial score (nSPS) is 10.8. The molecular formula is C15H18FN3OS. The van der Waals surface area contributed by atoms with Crippen molar-refractivity contribution in [2.45, 2.75) is 6.42 Å². The second-order valence-electron chi connectivity index (χ2n) is 4.85. The minimum atomic E-state index is -0.425. The summed E-state index contributed by atoms with van der Waals surface area (Å²) in [6.45, 7) is 1.02. The summed E-state index contributed by atoms with van der Waals surface area (Å²) >= 11 is 1.70. The Morgan fingerprint density at radius 1 is 1.43 bits per heavy atom. The summed E-state index contributed by atoms with van der Waals surface area (Å²) in [5, 5.41) is 4.67. The molecule has 0 aliphatic rings. The molecular weight excluding hydrogens is 289 g/mol. The van der Waals surface area contributed by atoms with Crippen LogP contribution in [0, 0.1) is 5.82 Å². The van der Waals surface area contributed by atoms with Gasteiger partial charge in [-0.1, -0.05) is 6.07 Å². The highest BCUT2D eigenvalue weighted by Crippen LogP contribution is 2.19. The third-order valence-corrected chi connectivity index (χ3v) is 3.96. The van der Waals surface area contributed by atoms with Crippen molar-refractivity contribution in [3.05, 3.63) is 46.4 Å². The molecule has 0 saturated carbocycles. The van der Waals surface area contributed by atoms with Gasteiger partial charge in [-0.2, -0.15) is 0 Å². The number of rotatable bonds is 6. The van der Waals surface area contributed by atoms with Crippen LogP contribution in [0.3, 0.4) is 0 Å². The highest BCUT2D eigenvalue weighted by molar-refractivity contribution is 7.09. The van der Waals surface area contributed by atoms with Gasteiger partial charge in [0, 0.05) is 11.4 Å². The molecule has 2 aromatic rings. The average molecular weight is 307 g/mol. The van der Waals surface area contributed by atoms with Gasteiger partial charge in [0.1, 0.15) is 5.82 Å². The number of amides is 1. The molecule has 0 aliphatic carbocycles. The zero-order valence-electron chi connectivity index (χ0n) is 11.8. The largest absolute Gasteiger partial charge is 0.397 e. The number of carbonyl (C=O) groups excluding carboxylic acids is 1. The van der Waals surface area contributed by atoms with Crippen LogP contribution >= 0.6 is 11.3 Å². The van der Waals surface area contributed by atoms with E-state index in [2.05, 4.69) is 11.4 Å². The number of nitrogens with zero attached hydrogens (tertiary/aromatic N) is 1. The van der Waals surface area contributed by atoms with Crippen molar-refractivity contribution in [2.24, 2.45) is 0 Å². The summed E-state index contributed by atoms with van der Waals surface area (Å²) in [6.07, 6.45) is 0.906. The Balaban J connectivity index is 1.82. The number of nitrogen functional groups attached to an aromatic ring is 1. The number of nitrogens with one attached hydrogen (secondary N) is 1. The lowest BCUT2D eigenvalue weighted by Gasteiger charge is -2.16. The first kappa shape index (κ1) is 15.5. The average Bonchev–Trinajstić information content (AvgIpc) is 2.94. The van der Waals surface area contributed by atoms with Crippen LogP contribution in [-0.2, 0) is 11.2 Å². The van der Waals surface area contributed by atoms with Crippen LogP contribution in [0.2, 0.25) is 0 Å². The zero-order valence-corrected chi connectivity index (χ0v) is 12.6. The molecule has 4 nitrogen and oxygen atoms in total. The molecule has 2 rings (SSSR count). The maximum Gasteiger partial charge on any atom is 0.238 e. The molecule has 1 aromatic carbocycles. The van der Waals surface area contributed by atoms with Crippen molar-refractivity contribution < 1.29 is 9.18 Å². The van der Waals surface area contributed by atoms with Gasteiger partial charge in [-0.25, -0.2) is 4.39 Å². The van der Waals surface area contributed by atoms with Gasteiger partial charge >= 0.3 is 0 Å². The Kier molecular flexibility index (Phi) is 5.30. The summed E-state index contributed by atoms with van der Waals surface area (Å²) < 4.78 is 13.1. The predicted molar refractivity (Wildman–Crippen MR) is 85.0 cm³/mol. The second kappa shape index (κ2) is 7.19. The van der Waals surface area contributed by atoms with E-state index in [0.29, 0.717) is 11.4 Å². The monoisotopic (exact) mass is 307 g/mol. The van der Waals surface area contributed by atoms with Crippen molar-refractivity contribution in [1.82, 2.24) is 4.90 Å². The SMILES string of the molecule is CN(CCc1cccs1)CC(=O)Nc1cc(F)ccc1N. The fraction of sp³-hybridized carbons (Fsp3) is 0.267. The highest BCUT2D eigenvalue weighted by Gasteiger charge is 2.09. The standard InChI is InChI=1S/C15H18FN3OS/c1-19(7-6-12-3-2-8-21-12)10-15(20)18-14-9-11(16)4-5-13(14)17/h2-5,8-9H,6-7,10,17H2,1H3,(H,18,20). The number of hydrogen-bond acceptors (Lipinski definition) is 4. The van der Waals surface area contributed by atoms with E-state index < -0.39 is 5.82 Å². The smallest absolute Gasteiger partial charge is 0.238 e. The van der Waals surface area contributed by atoms with Crippen molar-refractivity contribution in [3.8, 4) is 0 Å². The molecule has 3 N–H and O–H groups in total. The molecule has 0 bridgehead atoms. The molecule has 1 heterocycles. The number of halogens is 1. The van der Waals surface area contributed by atoms with E-state index in [9.17, 15) is 9.18 Å². The van der Waals surface area contributed by atoms with Gasteiger partial charge in [0.2, 0.25) is 5.91 Å². The van der Waals surface area contributed by atoms with Crippen LogP contribution < -0.4 is 11.1 Å². The van der Waals surface area contributed by atoms with Crippen molar-refractivity contribution in [1.29, 1.82) is 0 Å². The van der Waals surface area contributed by atoms with E-state index >= 15 is 0 Å². The lowest BCUT2D eigenvalue weighted by atomic mass is 10.2. The van der Waals surface area contributed by atoms with Gasteiger partial charge in [-0.15, -0.1) is 11.3 Å². The first-order valence-corrected chi connectivity index (χ1v) is 7.48. The predicted octanol–water partition coefficient (Wildman–Crippen LogP) is 2.58. The maximum absolute atomic E-state index is 13.1. The molecule has 1 aromatic heterocycles. The third kappa shape index (κ3) is 4.84. The van der Waals surface area contributed by atoms with Gasteiger partial charge in [0.05, 0.1) is 17.9 Å². The molecule has 6 heteroatoms. The van der Waals surface area contributed by atoms with Crippen LogP contribution in [0.15, 0.2) is 35.7 Å². The molecule has 0 spiro atoms. The second-order valence-corrected chi connectivity index (χ2v) is 5.88. The topological polar surface area (TPSA) is 58.4 Å². The van der Waals surface area contributed by atoms with E-state index in [1.807, 2.05) is 23.4 Å². The maximum atomic E-state index is 13.1. The highest BCUT2D eigenvalue weighted by atomic mass is 32.1. The first-order valence-electron chi connectivity index (χ1n) is 6.60. The molecule has 0 fully saturated rings. The summed E-state index contributed by atoms with van der Waals surface area (Å²) in [4.78, 5) is 15.1. The van der Waals surface area contributed by atoms with E-state index in [-0.39, 0.29) is 12.5 Å². The van der Waals surface area contributed by atoms with Gasteiger partial charge in [0.15, 0.2) is 0 Å². The number of thiophene rings is 1. The quantitative estimate of drug-likeness (QED) is 0.807.